The quantitative estimate of drug-likeness (QED) is 0.668. The number of aryl methyl sites for hydroxylation is 1. The van der Waals surface area contributed by atoms with Crippen molar-refractivity contribution < 1.29 is 22.8 Å². The van der Waals surface area contributed by atoms with Crippen LogP contribution in [0.5, 0.6) is 0 Å². The van der Waals surface area contributed by atoms with Crippen LogP contribution in [-0.4, -0.2) is 40.5 Å². The van der Waals surface area contributed by atoms with E-state index in [0.717, 1.165) is 6.07 Å². The fourth-order valence-corrected chi connectivity index (χ4v) is 3.02. The predicted octanol–water partition coefficient (Wildman–Crippen LogP) is 2.01. The Labute approximate surface area is 147 Å². The zero-order chi connectivity index (χ0) is 19.0. The maximum absolute atomic E-state index is 13.8. The summed E-state index contributed by atoms with van der Waals surface area (Å²) in [5.74, 6) is -7.49. The van der Waals surface area contributed by atoms with Gasteiger partial charge in [0.2, 0.25) is 11.8 Å². The smallest absolute Gasteiger partial charge is 0.237 e. The highest BCUT2D eigenvalue weighted by Crippen LogP contribution is 2.34. The average Bonchev–Trinajstić information content (AvgIpc) is 2.91. The molecule has 26 heavy (non-hydrogen) atoms. The van der Waals surface area contributed by atoms with E-state index < -0.39 is 46.8 Å². The van der Waals surface area contributed by atoms with Crippen LogP contribution in [0.3, 0.4) is 0 Å². The van der Waals surface area contributed by atoms with Crippen LogP contribution in [0.1, 0.15) is 17.2 Å². The molecule has 136 valence electrons. The van der Waals surface area contributed by atoms with Crippen LogP contribution < -0.4 is 5.32 Å². The molecule has 2 aromatic rings. The molecule has 2 amide bonds. The summed E-state index contributed by atoms with van der Waals surface area (Å²) in [6.45, 7) is 1.99. The van der Waals surface area contributed by atoms with Crippen molar-refractivity contribution in [3.8, 4) is 0 Å². The molecule has 0 unspecified atom stereocenters. The molecule has 1 fully saturated rings. The van der Waals surface area contributed by atoms with Crippen LogP contribution in [0.15, 0.2) is 24.4 Å². The van der Waals surface area contributed by atoms with Gasteiger partial charge < -0.3 is 10.2 Å². The number of hydrogen-bond acceptors (Lipinski definition) is 4. The first kappa shape index (κ1) is 17.8. The number of anilines is 1. The molecular formula is C17H15F3N4O2. The summed E-state index contributed by atoms with van der Waals surface area (Å²) in [5.41, 5.74) is 0.732. The number of carbonyl (C=O) groups excluding carboxylic acids is 2. The van der Waals surface area contributed by atoms with E-state index in [2.05, 4.69) is 15.5 Å². The maximum Gasteiger partial charge on any atom is 0.237 e. The zero-order valence-corrected chi connectivity index (χ0v) is 14.0. The Morgan fingerprint density at radius 1 is 1.27 bits per heavy atom. The number of amides is 2. The monoisotopic (exact) mass is 364 g/mol. The van der Waals surface area contributed by atoms with Crippen LogP contribution in [0.25, 0.3) is 0 Å². The van der Waals surface area contributed by atoms with Crippen molar-refractivity contribution in [2.45, 2.75) is 12.8 Å². The lowest BCUT2D eigenvalue weighted by molar-refractivity contribution is -0.135. The second-order valence-electron chi connectivity index (χ2n) is 6.15. The molecule has 1 aliphatic heterocycles. The Kier molecular flexibility index (Phi) is 4.62. The fraction of sp³-hybridized carbons (Fsp3) is 0.294. The van der Waals surface area contributed by atoms with Crippen LogP contribution in [-0.2, 0) is 9.59 Å². The van der Waals surface area contributed by atoms with Crippen molar-refractivity contribution in [1.82, 2.24) is 15.1 Å². The van der Waals surface area contributed by atoms with Gasteiger partial charge in [-0.2, -0.15) is 10.2 Å². The minimum absolute atomic E-state index is 0.266. The number of carbonyl (C=O) groups is 2. The van der Waals surface area contributed by atoms with Crippen molar-refractivity contribution in [2.75, 3.05) is 18.9 Å². The third-order valence-corrected chi connectivity index (χ3v) is 4.32. The highest BCUT2D eigenvalue weighted by molar-refractivity contribution is 6.08. The van der Waals surface area contributed by atoms with Crippen LogP contribution in [0.4, 0.5) is 18.9 Å². The van der Waals surface area contributed by atoms with Crippen LogP contribution in [0.2, 0.25) is 0 Å². The lowest BCUT2D eigenvalue weighted by atomic mass is 9.88. The number of rotatable bonds is 3. The molecular weight excluding hydrogens is 349 g/mol. The Morgan fingerprint density at radius 2 is 2.00 bits per heavy atom. The molecule has 0 aliphatic carbocycles. The molecule has 6 nitrogen and oxygen atoms in total. The molecule has 0 spiro atoms. The Hall–Kier alpha value is -2.97. The Bertz CT molecular complexity index is 890. The Balaban J connectivity index is 1.91. The second kappa shape index (κ2) is 6.74. The van der Waals surface area contributed by atoms with Crippen LogP contribution in [0, 0.1) is 30.3 Å². The predicted molar refractivity (Wildman–Crippen MR) is 85.6 cm³/mol. The minimum atomic E-state index is -1.69. The highest BCUT2D eigenvalue weighted by Gasteiger charge is 2.44. The lowest BCUT2D eigenvalue weighted by Crippen LogP contribution is -2.33. The topological polar surface area (TPSA) is 75.2 Å². The van der Waals surface area contributed by atoms with Gasteiger partial charge in [-0.25, -0.2) is 13.2 Å². The molecule has 2 atom stereocenters. The third-order valence-electron chi connectivity index (χ3n) is 4.32. The van der Waals surface area contributed by atoms with Gasteiger partial charge in [-0.15, -0.1) is 0 Å². The van der Waals surface area contributed by atoms with Crippen molar-refractivity contribution in [2.24, 2.45) is 5.92 Å². The fourth-order valence-electron chi connectivity index (χ4n) is 3.02. The number of hydrogen-bond donors (Lipinski definition) is 1. The molecule has 1 saturated heterocycles. The number of halogens is 3. The summed E-state index contributed by atoms with van der Waals surface area (Å²) in [6.07, 6.45) is 1.46. The van der Waals surface area contributed by atoms with Crippen molar-refractivity contribution >= 4 is 17.5 Å². The highest BCUT2D eigenvalue weighted by atomic mass is 19.2. The average molecular weight is 364 g/mol. The van der Waals surface area contributed by atoms with Crippen LogP contribution >= 0.6 is 0 Å². The summed E-state index contributed by atoms with van der Waals surface area (Å²) in [7, 11) is 1.54. The molecule has 2 heterocycles. The lowest BCUT2D eigenvalue weighted by Gasteiger charge is -2.17. The summed E-state index contributed by atoms with van der Waals surface area (Å²) < 4.78 is 40.2. The summed E-state index contributed by atoms with van der Waals surface area (Å²) in [6, 6.07) is 3.31. The molecule has 1 aliphatic rings. The van der Waals surface area contributed by atoms with E-state index in [9.17, 15) is 22.8 Å². The van der Waals surface area contributed by atoms with Gasteiger partial charge >= 0.3 is 0 Å². The van der Waals surface area contributed by atoms with E-state index in [0.29, 0.717) is 17.3 Å². The van der Waals surface area contributed by atoms with Gasteiger partial charge in [0.15, 0.2) is 17.5 Å². The third kappa shape index (κ3) is 3.12. The van der Waals surface area contributed by atoms with E-state index in [4.69, 9.17) is 0 Å². The van der Waals surface area contributed by atoms with E-state index >= 15 is 0 Å². The van der Waals surface area contributed by atoms with E-state index in [1.807, 2.05) is 0 Å². The zero-order valence-electron chi connectivity index (χ0n) is 14.0. The number of likely N-dealkylation sites (tertiary alicyclic amines) is 1. The summed E-state index contributed by atoms with van der Waals surface area (Å²) in [4.78, 5) is 26.4. The maximum atomic E-state index is 13.8. The number of likely N-dealkylation sites (N-methyl/N-ethyl adjacent to an activating group) is 1. The first-order valence-corrected chi connectivity index (χ1v) is 7.78. The summed E-state index contributed by atoms with van der Waals surface area (Å²) >= 11 is 0. The van der Waals surface area contributed by atoms with Gasteiger partial charge in [-0.05, 0) is 30.7 Å². The molecule has 1 aromatic carbocycles. The minimum Gasteiger partial charge on any atom is -0.344 e. The van der Waals surface area contributed by atoms with Crippen molar-refractivity contribution in [1.29, 1.82) is 0 Å². The van der Waals surface area contributed by atoms with Gasteiger partial charge in [0.05, 0.1) is 17.6 Å². The van der Waals surface area contributed by atoms with Gasteiger partial charge in [0.1, 0.15) is 5.92 Å². The number of nitrogens with one attached hydrogen (secondary N) is 1. The van der Waals surface area contributed by atoms with Gasteiger partial charge in [0.25, 0.3) is 0 Å². The standard InChI is InChI=1S/C17H15F3N4O2/c1-8-5-9(6-21-23-8)10-7-24(2)17(26)13(10)16(25)22-12-4-3-11(18)14(19)15(12)20/h3-6,10,13H,7H2,1-2H3,(H,22,25)/t10-,13+/m1/s1. The first-order valence-electron chi connectivity index (χ1n) is 7.78. The molecule has 0 saturated carbocycles. The Morgan fingerprint density at radius 3 is 2.69 bits per heavy atom. The van der Waals surface area contributed by atoms with Crippen molar-refractivity contribution in [3.05, 3.63) is 53.1 Å². The second-order valence-corrected chi connectivity index (χ2v) is 6.15. The molecule has 9 heteroatoms. The number of aromatic nitrogens is 2. The summed E-state index contributed by atoms with van der Waals surface area (Å²) in [5, 5.41) is 9.85. The first-order chi connectivity index (χ1) is 12.3. The molecule has 3 rings (SSSR count). The molecule has 1 aromatic heterocycles. The van der Waals surface area contributed by atoms with E-state index in [1.54, 1.807) is 20.0 Å². The van der Waals surface area contributed by atoms with E-state index in [-0.39, 0.29) is 6.54 Å². The SMILES string of the molecule is Cc1cc([C@H]2CN(C)C(=O)[C@@H]2C(=O)Nc2ccc(F)c(F)c2F)cnn1. The van der Waals surface area contributed by atoms with Gasteiger partial charge in [0, 0.05) is 19.5 Å². The largest absolute Gasteiger partial charge is 0.344 e. The van der Waals surface area contributed by atoms with Gasteiger partial charge in [-0.3, -0.25) is 9.59 Å². The molecule has 1 N–H and O–H groups in total. The van der Waals surface area contributed by atoms with E-state index in [1.165, 1.54) is 11.1 Å². The number of benzene rings is 1. The van der Waals surface area contributed by atoms with Gasteiger partial charge in [-0.1, -0.05) is 0 Å². The number of nitrogens with zero attached hydrogens (tertiary/aromatic N) is 3. The molecule has 0 bridgehead atoms. The normalized spacial score (nSPS) is 19.7. The molecule has 0 radical (unpaired) electrons. The van der Waals surface area contributed by atoms with Crippen molar-refractivity contribution in [3.63, 3.8) is 0 Å².